The Hall–Kier alpha value is -2.30. The van der Waals surface area contributed by atoms with Gasteiger partial charge in [0.2, 0.25) is 5.91 Å². The van der Waals surface area contributed by atoms with Crippen molar-refractivity contribution >= 4 is 18.0 Å². The summed E-state index contributed by atoms with van der Waals surface area (Å²) >= 11 is 0. The molecule has 24 heavy (non-hydrogen) atoms. The van der Waals surface area contributed by atoms with Crippen molar-refractivity contribution in [3.8, 4) is 5.75 Å². The molecule has 0 saturated carbocycles. The maximum absolute atomic E-state index is 11.9. The highest BCUT2D eigenvalue weighted by atomic mass is 16.5. The van der Waals surface area contributed by atoms with Gasteiger partial charge >= 0.3 is 5.97 Å². The topological polar surface area (TPSA) is 75.6 Å². The van der Waals surface area contributed by atoms with Crippen LogP contribution >= 0.6 is 0 Å². The molecule has 0 aromatic heterocycles. The molecule has 0 radical (unpaired) electrons. The zero-order chi connectivity index (χ0) is 17.9. The molecule has 1 amide bonds. The molecule has 5 nitrogen and oxygen atoms in total. The molecule has 0 fully saturated rings. The quantitative estimate of drug-likeness (QED) is 0.507. The van der Waals surface area contributed by atoms with Gasteiger partial charge in [-0.25, -0.2) is 4.79 Å². The highest BCUT2D eigenvalue weighted by Crippen LogP contribution is 2.13. The molecule has 0 heterocycles. The Labute approximate surface area is 143 Å². The molecule has 132 valence electrons. The van der Waals surface area contributed by atoms with Crippen molar-refractivity contribution in [2.24, 2.45) is 5.92 Å². The Kier molecular flexibility index (Phi) is 8.61. The molecule has 0 bridgehead atoms. The van der Waals surface area contributed by atoms with Crippen molar-refractivity contribution < 1.29 is 19.4 Å². The second-order valence-electron chi connectivity index (χ2n) is 6.13. The van der Waals surface area contributed by atoms with Crippen LogP contribution in [0, 0.1) is 5.92 Å². The standard InChI is InChI=1S/C19H27NO4/c1-4-5-12-24-16-9-6-15(7-10-16)8-11-18(21)20-17(19(22)23)13-14(2)3/h6-11,14,17H,4-5,12-13H2,1-3H3,(H,20,21)(H,22,23)/b11-8+. The summed E-state index contributed by atoms with van der Waals surface area (Å²) in [6, 6.07) is 6.55. The van der Waals surface area contributed by atoms with Crippen LogP contribution in [0.3, 0.4) is 0 Å². The zero-order valence-electron chi connectivity index (χ0n) is 14.6. The Morgan fingerprint density at radius 1 is 1.25 bits per heavy atom. The van der Waals surface area contributed by atoms with E-state index in [0.29, 0.717) is 13.0 Å². The van der Waals surface area contributed by atoms with Crippen LogP contribution in [-0.4, -0.2) is 29.6 Å². The summed E-state index contributed by atoms with van der Waals surface area (Å²) in [5.41, 5.74) is 0.851. The molecule has 0 aliphatic rings. The van der Waals surface area contributed by atoms with E-state index in [1.807, 2.05) is 38.1 Å². The van der Waals surface area contributed by atoms with Gasteiger partial charge in [0, 0.05) is 6.08 Å². The van der Waals surface area contributed by atoms with Gasteiger partial charge in [-0.15, -0.1) is 0 Å². The number of rotatable bonds is 10. The lowest BCUT2D eigenvalue weighted by Gasteiger charge is -2.15. The summed E-state index contributed by atoms with van der Waals surface area (Å²) in [7, 11) is 0. The monoisotopic (exact) mass is 333 g/mol. The van der Waals surface area contributed by atoms with E-state index in [1.165, 1.54) is 6.08 Å². The molecule has 2 N–H and O–H groups in total. The Morgan fingerprint density at radius 3 is 2.46 bits per heavy atom. The fourth-order valence-electron chi connectivity index (χ4n) is 2.09. The van der Waals surface area contributed by atoms with Crippen molar-refractivity contribution in [1.29, 1.82) is 0 Å². The average Bonchev–Trinajstić information content (AvgIpc) is 2.53. The lowest BCUT2D eigenvalue weighted by atomic mass is 10.0. The van der Waals surface area contributed by atoms with Gasteiger partial charge in [-0.1, -0.05) is 39.3 Å². The number of carboxylic acids is 1. The van der Waals surface area contributed by atoms with E-state index in [1.54, 1.807) is 6.08 Å². The number of hydrogen-bond donors (Lipinski definition) is 2. The van der Waals surface area contributed by atoms with Crippen molar-refractivity contribution in [3.63, 3.8) is 0 Å². The van der Waals surface area contributed by atoms with Crippen molar-refractivity contribution in [2.45, 2.75) is 46.1 Å². The van der Waals surface area contributed by atoms with Gasteiger partial charge in [-0.3, -0.25) is 4.79 Å². The summed E-state index contributed by atoms with van der Waals surface area (Å²) in [6.45, 7) is 6.64. The first kappa shape index (κ1) is 19.7. The highest BCUT2D eigenvalue weighted by molar-refractivity contribution is 5.94. The SMILES string of the molecule is CCCCOc1ccc(/C=C/C(=O)NC(CC(C)C)C(=O)O)cc1. The van der Waals surface area contributed by atoms with E-state index in [4.69, 9.17) is 9.84 Å². The number of amides is 1. The zero-order valence-corrected chi connectivity index (χ0v) is 14.6. The molecular formula is C19H27NO4. The van der Waals surface area contributed by atoms with Gasteiger partial charge in [0.15, 0.2) is 0 Å². The fourth-order valence-corrected chi connectivity index (χ4v) is 2.09. The minimum atomic E-state index is -1.01. The summed E-state index contributed by atoms with van der Waals surface area (Å²) in [6.07, 6.45) is 5.51. The summed E-state index contributed by atoms with van der Waals surface area (Å²) in [4.78, 5) is 23.0. The van der Waals surface area contributed by atoms with Crippen molar-refractivity contribution in [3.05, 3.63) is 35.9 Å². The number of carbonyl (C=O) groups excluding carboxylic acids is 1. The fraction of sp³-hybridized carbons (Fsp3) is 0.474. The second kappa shape index (κ2) is 10.5. The Morgan fingerprint density at radius 2 is 1.92 bits per heavy atom. The number of ether oxygens (including phenoxy) is 1. The predicted octanol–water partition coefficient (Wildman–Crippen LogP) is 3.49. The summed E-state index contributed by atoms with van der Waals surface area (Å²) in [5, 5.41) is 11.6. The number of nitrogens with one attached hydrogen (secondary N) is 1. The Balaban J connectivity index is 2.54. The first-order valence-corrected chi connectivity index (χ1v) is 8.36. The van der Waals surface area contributed by atoms with Gasteiger partial charge in [-0.2, -0.15) is 0 Å². The van der Waals surface area contributed by atoms with Crippen LogP contribution in [-0.2, 0) is 9.59 Å². The van der Waals surface area contributed by atoms with Gasteiger partial charge in [0.05, 0.1) is 6.61 Å². The molecule has 0 spiro atoms. The number of hydrogen-bond acceptors (Lipinski definition) is 3. The third-order valence-electron chi connectivity index (χ3n) is 3.40. The van der Waals surface area contributed by atoms with Crippen LogP contribution < -0.4 is 10.1 Å². The van der Waals surface area contributed by atoms with Crippen LogP contribution in [0.5, 0.6) is 5.75 Å². The first-order chi connectivity index (χ1) is 11.4. The molecule has 1 aromatic rings. The van der Waals surface area contributed by atoms with Gasteiger partial charge in [-0.05, 0) is 42.5 Å². The van der Waals surface area contributed by atoms with E-state index >= 15 is 0 Å². The van der Waals surface area contributed by atoms with E-state index in [0.717, 1.165) is 24.2 Å². The Bertz CT molecular complexity index is 549. The molecular weight excluding hydrogens is 306 g/mol. The van der Waals surface area contributed by atoms with Crippen LogP contribution in [0.25, 0.3) is 6.08 Å². The minimum absolute atomic E-state index is 0.190. The lowest BCUT2D eigenvalue weighted by Crippen LogP contribution is -2.40. The molecule has 1 aromatic carbocycles. The van der Waals surface area contributed by atoms with Crippen LogP contribution in [0.15, 0.2) is 30.3 Å². The molecule has 1 rings (SSSR count). The maximum Gasteiger partial charge on any atom is 0.326 e. The van der Waals surface area contributed by atoms with Crippen LogP contribution in [0.1, 0.15) is 45.6 Å². The van der Waals surface area contributed by atoms with E-state index < -0.39 is 17.9 Å². The largest absolute Gasteiger partial charge is 0.494 e. The number of carbonyl (C=O) groups is 2. The second-order valence-corrected chi connectivity index (χ2v) is 6.13. The number of benzene rings is 1. The smallest absolute Gasteiger partial charge is 0.326 e. The van der Waals surface area contributed by atoms with E-state index in [-0.39, 0.29) is 5.92 Å². The predicted molar refractivity (Wildman–Crippen MR) is 94.9 cm³/mol. The highest BCUT2D eigenvalue weighted by Gasteiger charge is 2.19. The van der Waals surface area contributed by atoms with Crippen molar-refractivity contribution in [2.75, 3.05) is 6.61 Å². The van der Waals surface area contributed by atoms with Crippen LogP contribution in [0.2, 0.25) is 0 Å². The molecule has 1 atom stereocenters. The molecule has 5 heteroatoms. The van der Waals surface area contributed by atoms with Crippen molar-refractivity contribution in [1.82, 2.24) is 5.32 Å². The molecule has 0 aliphatic carbocycles. The number of unbranched alkanes of at least 4 members (excludes halogenated alkanes) is 1. The molecule has 1 unspecified atom stereocenters. The normalized spacial score (nSPS) is 12.3. The van der Waals surface area contributed by atoms with Gasteiger partial charge in [0.25, 0.3) is 0 Å². The third-order valence-corrected chi connectivity index (χ3v) is 3.40. The number of carboxylic acid groups (broad SMARTS) is 1. The van der Waals surface area contributed by atoms with E-state index in [2.05, 4.69) is 12.2 Å². The molecule has 0 aliphatic heterocycles. The first-order valence-electron chi connectivity index (χ1n) is 8.36. The number of aliphatic carboxylic acids is 1. The molecule has 0 saturated heterocycles. The van der Waals surface area contributed by atoms with Gasteiger partial charge in [0.1, 0.15) is 11.8 Å². The van der Waals surface area contributed by atoms with E-state index in [9.17, 15) is 9.59 Å². The van der Waals surface area contributed by atoms with Crippen LogP contribution in [0.4, 0.5) is 0 Å². The lowest BCUT2D eigenvalue weighted by molar-refractivity contribution is -0.141. The summed E-state index contributed by atoms with van der Waals surface area (Å²) < 4.78 is 5.57. The average molecular weight is 333 g/mol. The summed E-state index contributed by atoms with van der Waals surface area (Å²) in [5.74, 6) is -0.436. The van der Waals surface area contributed by atoms with Gasteiger partial charge < -0.3 is 15.2 Å². The minimum Gasteiger partial charge on any atom is -0.494 e. The maximum atomic E-state index is 11.9. The third kappa shape index (κ3) is 7.81.